The molecule has 0 fully saturated rings. The molecule has 0 aliphatic rings. The lowest BCUT2D eigenvalue weighted by molar-refractivity contribution is -0.156. The summed E-state index contributed by atoms with van der Waals surface area (Å²) < 4.78 is 9.72. The van der Waals surface area contributed by atoms with Crippen LogP contribution in [-0.4, -0.2) is 24.6 Å². The van der Waals surface area contributed by atoms with Gasteiger partial charge in [-0.1, -0.05) is 12.2 Å². The lowest BCUT2D eigenvalue weighted by atomic mass is 10.4. The van der Waals surface area contributed by atoms with Gasteiger partial charge in [0.05, 0.1) is 12.8 Å². The van der Waals surface area contributed by atoms with Gasteiger partial charge in [-0.25, -0.2) is 0 Å². The molecule has 0 aliphatic carbocycles. The van der Waals surface area contributed by atoms with E-state index in [2.05, 4.69) is 13.2 Å². The molecule has 0 aliphatic heterocycles. The van der Waals surface area contributed by atoms with Gasteiger partial charge in [0.1, 0.15) is 12.7 Å². The highest BCUT2D eigenvalue weighted by Crippen LogP contribution is 1.97. The average Bonchev–Trinajstić information content (AvgIpc) is 2.15. The summed E-state index contributed by atoms with van der Waals surface area (Å²) in [7, 11) is 0. The topological polar surface area (TPSA) is 52.6 Å². The van der Waals surface area contributed by atoms with Gasteiger partial charge in [-0.05, 0) is 6.92 Å². The Kier molecular flexibility index (Phi) is 6.97. The van der Waals surface area contributed by atoms with E-state index in [1.807, 2.05) is 0 Å². The zero-order valence-electron chi connectivity index (χ0n) is 8.90. The zero-order valence-corrected chi connectivity index (χ0v) is 8.90. The van der Waals surface area contributed by atoms with Crippen LogP contribution in [0.5, 0.6) is 0 Å². The molecule has 0 saturated carbocycles. The third kappa shape index (κ3) is 7.49. The monoisotopic (exact) mass is 212 g/mol. The van der Waals surface area contributed by atoms with E-state index in [-0.39, 0.29) is 31.4 Å². The second-order valence-corrected chi connectivity index (χ2v) is 2.97. The predicted molar refractivity (Wildman–Crippen MR) is 56.1 cm³/mol. The summed E-state index contributed by atoms with van der Waals surface area (Å²) in [5, 5.41) is 0. The lowest BCUT2D eigenvalue weighted by Crippen LogP contribution is -2.21. The molecular formula is C11H16O4. The minimum absolute atomic E-state index is 0.0650. The van der Waals surface area contributed by atoms with Crippen LogP contribution in [0.25, 0.3) is 0 Å². The SMILES string of the molecule is C=CCC(=O)OCC(C)OC(=O)CC=C. The molecule has 4 nitrogen and oxygen atoms in total. The van der Waals surface area contributed by atoms with Crippen molar-refractivity contribution in [2.75, 3.05) is 6.61 Å². The quantitative estimate of drug-likeness (QED) is 0.475. The second kappa shape index (κ2) is 7.79. The molecule has 0 rings (SSSR count). The highest BCUT2D eigenvalue weighted by molar-refractivity contribution is 5.72. The molecule has 1 atom stereocenters. The summed E-state index contributed by atoms with van der Waals surface area (Å²) in [6.45, 7) is 8.53. The van der Waals surface area contributed by atoms with Crippen LogP contribution in [0.4, 0.5) is 0 Å². The first-order valence-corrected chi connectivity index (χ1v) is 4.67. The zero-order chi connectivity index (χ0) is 11.7. The largest absolute Gasteiger partial charge is 0.462 e. The van der Waals surface area contributed by atoms with E-state index >= 15 is 0 Å². The lowest BCUT2D eigenvalue weighted by Gasteiger charge is -2.12. The minimum Gasteiger partial charge on any atom is -0.462 e. The fourth-order valence-electron chi connectivity index (χ4n) is 0.811. The molecule has 0 bridgehead atoms. The molecule has 0 radical (unpaired) electrons. The molecule has 15 heavy (non-hydrogen) atoms. The number of carbonyl (C=O) groups excluding carboxylic acids is 2. The smallest absolute Gasteiger partial charge is 0.310 e. The number of rotatable bonds is 7. The van der Waals surface area contributed by atoms with Crippen molar-refractivity contribution in [3.8, 4) is 0 Å². The second-order valence-electron chi connectivity index (χ2n) is 2.97. The highest BCUT2D eigenvalue weighted by Gasteiger charge is 2.10. The summed E-state index contributed by atoms with van der Waals surface area (Å²) >= 11 is 0. The van der Waals surface area contributed by atoms with Crippen LogP contribution >= 0.6 is 0 Å². The molecule has 0 saturated heterocycles. The Morgan fingerprint density at radius 3 is 2.27 bits per heavy atom. The summed E-state index contributed by atoms with van der Waals surface area (Å²) in [6.07, 6.45) is 2.79. The maximum atomic E-state index is 11.0. The van der Waals surface area contributed by atoms with Crippen LogP contribution in [0.15, 0.2) is 25.3 Å². The molecule has 1 unspecified atom stereocenters. The Bertz CT molecular complexity index is 245. The average molecular weight is 212 g/mol. The summed E-state index contributed by atoms with van der Waals surface area (Å²) in [5.41, 5.74) is 0. The maximum Gasteiger partial charge on any atom is 0.310 e. The fourth-order valence-corrected chi connectivity index (χ4v) is 0.811. The third-order valence-electron chi connectivity index (χ3n) is 1.43. The summed E-state index contributed by atoms with van der Waals surface area (Å²) in [4.78, 5) is 21.9. The van der Waals surface area contributed by atoms with Gasteiger partial charge in [-0.2, -0.15) is 0 Å². The van der Waals surface area contributed by atoms with Crippen molar-refractivity contribution < 1.29 is 19.1 Å². The molecule has 0 amide bonds. The van der Waals surface area contributed by atoms with E-state index in [0.29, 0.717) is 0 Å². The maximum absolute atomic E-state index is 11.0. The Morgan fingerprint density at radius 1 is 1.20 bits per heavy atom. The van der Waals surface area contributed by atoms with Gasteiger partial charge < -0.3 is 9.47 Å². The molecule has 0 spiro atoms. The van der Waals surface area contributed by atoms with Crippen molar-refractivity contribution in [1.82, 2.24) is 0 Å². The molecule has 0 aromatic heterocycles. The van der Waals surface area contributed by atoms with Crippen molar-refractivity contribution >= 4 is 11.9 Å². The Labute approximate surface area is 89.6 Å². The van der Waals surface area contributed by atoms with Gasteiger partial charge in [0, 0.05) is 0 Å². The summed E-state index contributed by atoms with van der Waals surface area (Å²) in [6, 6.07) is 0. The van der Waals surface area contributed by atoms with Crippen molar-refractivity contribution in [2.45, 2.75) is 25.9 Å². The van der Waals surface area contributed by atoms with Crippen LogP contribution < -0.4 is 0 Å². The van der Waals surface area contributed by atoms with E-state index in [4.69, 9.17) is 9.47 Å². The van der Waals surface area contributed by atoms with Crippen molar-refractivity contribution in [3.63, 3.8) is 0 Å². The van der Waals surface area contributed by atoms with Crippen molar-refractivity contribution in [2.24, 2.45) is 0 Å². The molecule has 0 heterocycles. The Hall–Kier alpha value is -1.58. The number of carbonyl (C=O) groups is 2. The number of esters is 2. The molecule has 0 N–H and O–H groups in total. The van der Waals surface area contributed by atoms with E-state index in [0.717, 1.165) is 0 Å². The first-order chi connectivity index (χ1) is 7.10. The number of hydrogen-bond acceptors (Lipinski definition) is 4. The van der Waals surface area contributed by atoms with Crippen LogP contribution in [0.1, 0.15) is 19.8 Å². The van der Waals surface area contributed by atoms with Gasteiger partial charge in [0.2, 0.25) is 0 Å². The molecular weight excluding hydrogens is 196 g/mol. The summed E-state index contributed by atoms with van der Waals surface area (Å²) in [5.74, 6) is -0.756. The van der Waals surface area contributed by atoms with Crippen LogP contribution in [0, 0.1) is 0 Å². The highest BCUT2D eigenvalue weighted by atomic mass is 16.6. The van der Waals surface area contributed by atoms with Crippen LogP contribution in [0.3, 0.4) is 0 Å². The first kappa shape index (κ1) is 13.4. The first-order valence-electron chi connectivity index (χ1n) is 4.67. The van der Waals surface area contributed by atoms with Crippen LogP contribution in [-0.2, 0) is 19.1 Å². The van der Waals surface area contributed by atoms with Crippen molar-refractivity contribution in [1.29, 1.82) is 0 Å². The van der Waals surface area contributed by atoms with Gasteiger partial charge in [-0.15, -0.1) is 13.2 Å². The van der Waals surface area contributed by atoms with Gasteiger partial charge in [-0.3, -0.25) is 9.59 Å². The van der Waals surface area contributed by atoms with Crippen molar-refractivity contribution in [3.05, 3.63) is 25.3 Å². The number of ether oxygens (including phenoxy) is 2. The predicted octanol–water partition coefficient (Wildman–Crippen LogP) is 1.61. The molecule has 4 heteroatoms. The normalized spacial score (nSPS) is 11.3. The number of hydrogen-bond donors (Lipinski definition) is 0. The minimum atomic E-state index is -0.439. The standard InChI is InChI=1S/C11H16O4/c1-4-6-10(12)14-8-9(3)15-11(13)7-5-2/h4-5,9H,1-2,6-8H2,3H3. The molecule has 0 aromatic rings. The van der Waals surface area contributed by atoms with E-state index in [1.54, 1.807) is 6.92 Å². The Morgan fingerprint density at radius 2 is 1.73 bits per heavy atom. The van der Waals surface area contributed by atoms with Gasteiger partial charge >= 0.3 is 11.9 Å². The van der Waals surface area contributed by atoms with E-state index < -0.39 is 6.10 Å². The van der Waals surface area contributed by atoms with E-state index in [1.165, 1.54) is 12.2 Å². The fraction of sp³-hybridized carbons (Fsp3) is 0.455. The molecule has 84 valence electrons. The molecule has 0 aromatic carbocycles. The van der Waals surface area contributed by atoms with E-state index in [9.17, 15) is 9.59 Å². The van der Waals surface area contributed by atoms with Gasteiger partial charge in [0.25, 0.3) is 0 Å². The third-order valence-corrected chi connectivity index (χ3v) is 1.43. The van der Waals surface area contributed by atoms with Gasteiger partial charge in [0.15, 0.2) is 0 Å². The van der Waals surface area contributed by atoms with Crippen LogP contribution in [0.2, 0.25) is 0 Å². The Balaban J connectivity index is 3.69.